The summed E-state index contributed by atoms with van der Waals surface area (Å²) in [4.78, 5) is 11.9. The number of hydrogen-bond donors (Lipinski definition) is 2. The lowest BCUT2D eigenvalue weighted by Crippen LogP contribution is -2.24. The molecule has 0 radical (unpaired) electrons. The zero-order valence-electron chi connectivity index (χ0n) is 13.3. The third-order valence-electron chi connectivity index (χ3n) is 3.57. The summed E-state index contributed by atoms with van der Waals surface area (Å²) in [5, 5.41) is 6.78. The van der Waals surface area contributed by atoms with Gasteiger partial charge in [0.05, 0.1) is 11.9 Å². The molecule has 0 bridgehead atoms. The molecule has 5 nitrogen and oxygen atoms in total. The number of urea groups is 1. The van der Waals surface area contributed by atoms with Gasteiger partial charge in [0.1, 0.15) is 0 Å². The number of aromatic nitrogens is 1. The topological polar surface area (TPSA) is 58.4 Å². The third kappa shape index (κ3) is 3.70. The fourth-order valence-corrected chi connectivity index (χ4v) is 2.34. The quantitative estimate of drug-likeness (QED) is 0.555. The number of hydrogen-bond acceptors (Lipinski definition) is 2. The summed E-state index contributed by atoms with van der Waals surface area (Å²) in [5.41, 5.74) is 6.15. The van der Waals surface area contributed by atoms with Crippen molar-refractivity contribution in [3.63, 3.8) is 0 Å². The monoisotopic (exact) mass is 318 g/mol. The van der Waals surface area contributed by atoms with Crippen molar-refractivity contribution < 1.29 is 4.79 Å². The van der Waals surface area contributed by atoms with Gasteiger partial charge in [0.25, 0.3) is 0 Å². The number of amides is 2. The molecule has 5 heteroatoms. The van der Waals surface area contributed by atoms with E-state index in [2.05, 4.69) is 15.8 Å². The molecule has 0 saturated heterocycles. The first-order valence-corrected chi connectivity index (χ1v) is 7.62. The van der Waals surface area contributed by atoms with Gasteiger partial charge in [-0.05, 0) is 42.8 Å². The Bertz CT molecular complexity index is 853. The minimum Gasteiger partial charge on any atom is -0.316 e. The Balaban J connectivity index is 1.64. The first kappa shape index (κ1) is 15.6. The molecule has 2 aromatic carbocycles. The van der Waals surface area contributed by atoms with E-state index in [0.29, 0.717) is 0 Å². The van der Waals surface area contributed by atoms with Crippen LogP contribution in [0, 0.1) is 6.92 Å². The van der Waals surface area contributed by atoms with Crippen molar-refractivity contribution in [3.8, 4) is 5.69 Å². The molecule has 0 spiro atoms. The van der Waals surface area contributed by atoms with Crippen LogP contribution in [-0.4, -0.2) is 16.8 Å². The van der Waals surface area contributed by atoms with Gasteiger partial charge in [0.15, 0.2) is 0 Å². The summed E-state index contributed by atoms with van der Waals surface area (Å²) in [6.45, 7) is 1.94. The van der Waals surface area contributed by atoms with Gasteiger partial charge in [-0.1, -0.05) is 36.4 Å². The molecule has 0 aliphatic carbocycles. The van der Waals surface area contributed by atoms with Gasteiger partial charge >= 0.3 is 6.03 Å². The summed E-state index contributed by atoms with van der Waals surface area (Å²) < 4.78 is 1.99. The Hall–Kier alpha value is -3.34. The molecular formula is C19H18N4O. The van der Waals surface area contributed by atoms with Gasteiger partial charge in [-0.15, -0.1) is 0 Å². The fourth-order valence-electron chi connectivity index (χ4n) is 2.34. The van der Waals surface area contributed by atoms with Crippen LogP contribution in [-0.2, 0) is 0 Å². The maximum Gasteiger partial charge on any atom is 0.339 e. The molecule has 0 fully saturated rings. The zero-order chi connectivity index (χ0) is 16.8. The summed E-state index contributed by atoms with van der Waals surface area (Å²) in [6, 6.07) is 21.0. The second-order valence-electron chi connectivity index (χ2n) is 5.28. The molecule has 3 aromatic rings. The van der Waals surface area contributed by atoms with Gasteiger partial charge < -0.3 is 9.88 Å². The molecule has 0 atom stereocenters. The molecule has 0 saturated carbocycles. The molecule has 0 unspecified atom stereocenters. The van der Waals surface area contributed by atoms with Crippen LogP contribution < -0.4 is 10.7 Å². The normalized spacial score (nSPS) is 10.7. The van der Waals surface area contributed by atoms with Crippen LogP contribution in [0.5, 0.6) is 0 Å². The average Bonchev–Trinajstić information content (AvgIpc) is 3.06. The Morgan fingerprint density at radius 3 is 2.54 bits per heavy atom. The summed E-state index contributed by atoms with van der Waals surface area (Å²) in [5.74, 6) is 0. The number of nitrogens with one attached hydrogen (secondary N) is 2. The fraction of sp³-hybridized carbons (Fsp3) is 0.0526. The van der Waals surface area contributed by atoms with Crippen molar-refractivity contribution in [3.05, 3.63) is 84.2 Å². The molecule has 0 aliphatic rings. The van der Waals surface area contributed by atoms with Crippen molar-refractivity contribution in [2.24, 2.45) is 5.10 Å². The van der Waals surface area contributed by atoms with E-state index < -0.39 is 0 Å². The molecular weight excluding hydrogens is 300 g/mol. The van der Waals surface area contributed by atoms with Crippen LogP contribution >= 0.6 is 0 Å². The highest BCUT2D eigenvalue weighted by Crippen LogP contribution is 2.13. The highest BCUT2D eigenvalue weighted by Gasteiger charge is 2.03. The third-order valence-corrected chi connectivity index (χ3v) is 3.57. The van der Waals surface area contributed by atoms with Crippen molar-refractivity contribution in [2.75, 3.05) is 5.32 Å². The predicted molar refractivity (Wildman–Crippen MR) is 96.7 cm³/mol. The first-order chi connectivity index (χ1) is 11.7. The predicted octanol–water partition coefficient (Wildman–Crippen LogP) is 3.94. The second kappa shape index (κ2) is 7.28. The van der Waals surface area contributed by atoms with E-state index in [1.54, 1.807) is 6.21 Å². The SMILES string of the molecule is Cc1ccccc1NC(=O)NN=Cc1cccn1-c1ccccc1. The number of benzene rings is 2. The minimum atomic E-state index is -0.377. The number of anilines is 1. The number of carbonyl (C=O) groups excluding carboxylic acids is 1. The molecule has 120 valence electrons. The smallest absolute Gasteiger partial charge is 0.316 e. The van der Waals surface area contributed by atoms with Crippen LogP contribution in [0.2, 0.25) is 0 Å². The molecule has 1 heterocycles. The summed E-state index contributed by atoms with van der Waals surface area (Å²) in [7, 11) is 0. The standard InChI is InChI=1S/C19H18N4O/c1-15-8-5-6-12-18(15)21-19(24)22-20-14-17-11-7-13-23(17)16-9-3-2-4-10-16/h2-14H,1H3,(H2,21,22,24). The molecule has 24 heavy (non-hydrogen) atoms. The van der Waals surface area contributed by atoms with Crippen molar-refractivity contribution in [1.82, 2.24) is 9.99 Å². The molecule has 1 aromatic heterocycles. The van der Waals surface area contributed by atoms with Gasteiger partial charge in [0.2, 0.25) is 0 Å². The number of aryl methyl sites for hydroxylation is 1. The van der Waals surface area contributed by atoms with E-state index >= 15 is 0 Å². The molecule has 3 rings (SSSR count). The Morgan fingerprint density at radius 2 is 1.75 bits per heavy atom. The lowest BCUT2D eigenvalue weighted by molar-refractivity contribution is 0.252. The van der Waals surface area contributed by atoms with Gasteiger partial charge in [0, 0.05) is 17.6 Å². The van der Waals surface area contributed by atoms with Crippen LogP contribution in [0.1, 0.15) is 11.3 Å². The number of nitrogens with zero attached hydrogens (tertiary/aromatic N) is 2. The molecule has 0 aliphatic heterocycles. The average molecular weight is 318 g/mol. The van der Waals surface area contributed by atoms with E-state index in [1.807, 2.05) is 84.4 Å². The second-order valence-corrected chi connectivity index (χ2v) is 5.28. The van der Waals surface area contributed by atoms with Crippen molar-refractivity contribution in [1.29, 1.82) is 0 Å². The lowest BCUT2D eigenvalue weighted by atomic mass is 10.2. The highest BCUT2D eigenvalue weighted by molar-refractivity contribution is 5.90. The Morgan fingerprint density at radius 1 is 1.00 bits per heavy atom. The highest BCUT2D eigenvalue weighted by atomic mass is 16.2. The van der Waals surface area contributed by atoms with E-state index in [0.717, 1.165) is 22.6 Å². The Labute approximate surface area is 140 Å². The molecule has 2 amide bonds. The van der Waals surface area contributed by atoms with Crippen LogP contribution in [0.15, 0.2) is 78.0 Å². The van der Waals surface area contributed by atoms with E-state index in [-0.39, 0.29) is 6.03 Å². The molecule has 2 N–H and O–H groups in total. The maximum atomic E-state index is 11.9. The number of carbonyl (C=O) groups is 1. The Kier molecular flexibility index (Phi) is 4.72. The van der Waals surface area contributed by atoms with E-state index in [4.69, 9.17) is 0 Å². The number of para-hydroxylation sites is 2. The zero-order valence-corrected chi connectivity index (χ0v) is 13.3. The first-order valence-electron chi connectivity index (χ1n) is 7.62. The maximum absolute atomic E-state index is 11.9. The number of rotatable bonds is 4. The van der Waals surface area contributed by atoms with Gasteiger partial charge in [-0.3, -0.25) is 0 Å². The van der Waals surface area contributed by atoms with Crippen LogP contribution in [0.3, 0.4) is 0 Å². The van der Waals surface area contributed by atoms with Crippen molar-refractivity contribution in [2.45, 2.75) is 6.92 Å². The van der Waals surface area contributed by atoms with Crippen molar-refractivity contribution >= 4 is 17.9 Å². The van der Waals surface area contributed by atoms with E-state index in [1.165, 1.54) is 0 Å². The van der Waals surface area contributed by atoms with Crippen LogP contribution in [0.25, 0.3) is 5.69 Å². The number of hydrazone groups is 1. The van der Waals surface area contributed by atoms with E-state index in [9.17, 15) is 4.79 Å². The minimum absolute atomic E-state index is 0.377. The largest absolute Gasteiger partial charge is 0.339 e. The van der Waals surface area contributed by atoms with Gasteiger partial charge in [-0.2, -0.15) is 5.10 Å². The lowest BCUT2D eigenvalue weighted by Gasteiger charge is -2.07. The summed E-state index contributed by atoms with van der Waals surface area (Å²) >= 11 is 0. The summed E-state index contributed by atoms with van der Waals surface area (Å²) in [6.07, 6.45) is 3.56. The van der Waals surface area contributed by atoms with Gasteiger partial charge in [-0.25, -0.2) is 10.2 Å². The van der Waals surface area contributed by atoms with Crippen LogP contribution in [0.4, 0.5) is 10.5 Å².